The van der Waals surface area contributed by atoms with E-state index in [-0.39, 0.29) is 5.60 Å². The Morgan fingerprint density at radius 3 is 2.71 bits per heavy atom. The number of hydrogen-bond donors (Lipinski definition) is 2. The van der Waals surface area contributed by atoms with Crippen LogP contribution >= 0.6 is 0 Å². The number of nitrogens with zero attached hydrogens (tertiary/aromatic N) is 1. The Hall–Kier alpha value is -1.43. The SMILES string of the molecule is O=C(O)CCCCCN1CCC2(CC1)CC(N[C@@H]1C[C@H]1c1ccccc1)CO2. The monoisotopic (exact) mass is 386 g/mol. The number of ether oxygens (including phenoxy) is 1. The molecule has 1 aromatic carbocycles. The molecule has 2 saturated heterocycles. The summed E-state index contributed by atoms with van der Waals surface area (Å²) in [6.07, 6.45) is 7.89. The van der Waals surface area contributed by atoms with Crippen LogP contribution in [0.5, 0.6) is 0 Å². The van der Waals surface area contributed by atoms with Crippen LogP contribution in [-0.4, -0.2) is 59.9 Å². The molecule has 0 amide bonds. The number of carboxylic acids is 1. The highest BCUT2D eigenvalue weighted by atomic mass is 16.5. The second-order valence-electron chi connectivity index (χ2n) is 8.97. The van der Waals surface area contributed by atoms with Crippen molar-refractivity contribution >= 4 is 5.97 Å². The van der Waals surface area contributed by atoms with E-state index < -0.39 is 5.97 Å². The molecule has 3 fully saturated rings. The molecule has 154 valence electrons. The van der Waals surface area contributed by atoms with Crippen LogP contribution in [0.2, 0.25) is 0 Å². The number of benzene rings is 1. The summed E-state index contributed by atoms with van der Waals surface area (Å²) in [4.78, 5) is 13.1. The zero-order chi connectivity index (χ0) is 19.4. The summed E-state index contributed by atoms with van der Waals surface area (Å²) >= 11 is 0. The van der Waals surface area contributed by atoms with Crippen molar-refractivity contribution in [2.24, 2.45) is 0 Å². The molecule has 4 rings (SSSR count). The number of likely N-dealkylation sites (tertiary alicyclic amines) is 1. The third-order valence-corrected chi connectivity index (χ3v) is 6.81. The number of hydrogen-bond acceptors (Lipinski definition) is 4. The van der Waals surface area contributed by atoms with Crippen LogP contribution in [0.15, 0.2) is 30.3 Å². The topological polar surface area (TPSA) is 61.8 Å². The smallest absolute Gasteiger partial charge is 0.303 e. The highest BCUT2D eigenvalue weighted by Gasteiger charge is 2.46. The molecule has 5 heteroatoms. The molecule has 1 aromatic rings. The van der Waals surface area contributed by atoms with Crippen molar-refractivity contribution in [2.45, 2.75) is 75.0 Å². The maximum Gasteiger partial charge on any atom is 0.303 e. The molecule has 28 heavy (non-hydrogen) atoms. The van der Waals surface area contributed by atoms with E-state index in [0.717, 1.165) is 64.8 Å². The van der Waals surface area contributed by atoms with Gasteiger partial charge in [-0.15, -0.1) is 0 Å². The Morgan fingerprint density at radius 1 is 1.18 bits per heavy atom. The first-order valence-corrected chi connectivity index (χ1v) is 11.0. The lowest BCUT2D eigenvalue weighted by Gasteiger charge is -2.38. The van der Waals surface area contributed by atoms with Crippen molar-refractivity contribution in [3.05, 3.63) is 35.9 Å². The molecule has 1 unspecified atom stereocenters. The van der Waals surface area contributed by atoms with Gasteiger partial charge in [0.25, 0.3) is 0 Å². The average molecular weight is 387 g/mol. The van der Waals surface area contributed by atoms with E-state index in [4.69, 9.17) is 9.84 Å². The second kappa shape index (κ2) is 8.93. The third-order valence-electron chi connectivity index (χ3n) is 6.81. The summed E-state index contributed by atoms with van der Waals surface area (Å²) in [7, 11) is 0. The molecule has 0 radical (unpaired) electrons. The molecule has 3 aliphatic rings. The molecule has 2 aliphatic heterocycles. The molecule has 1 spiro atoms. The van der Waals surface area contributed by atoms with Crippen LogP contribution in [0.3, 0.4) is 0 Å². The van der Waals surface area contributed by atoms with Gasteiger partial charge in [0, 0.05) is 37.5 Å². The normalized spacial score (nSPS) is 29.2. The molecule has 3 atom stereocenters. The Bertz CT molecular complexity index is 643. The number of unbranched alkanes of at least 4 members (excludes halogenated alkanes) is 2. The lowest BCUT2D eigenvalue weighted by Crippen LogP contribution is -2.45. The van der Waals surface area contributed by atoms with Gasteiger partial charge in [-0.05, 0) is 50.6 Å². The summed E-state index contributed by atoms with van der Waals surface area (Å²) in [5, 5.41) is 12.6. The van der Waals surface area contributed by atoms with E-state index in [1.54, 1.807) is 0 Å². The van der Waals surface area contributed by atoms with Crippen molar-refractivity contribution in [2.75, 3.05) is 26.2 Å². The van der Waals surface area contributed by atoms with Crippen molar-refractivity contribution in [3.8, 4) is 0 Å². The maximum atomic E-state index is 10.6. The molecule has 5 nitrogen and oxygen atoms in total. The number of carboxylic acid groups (broad SMARTS) is 1. The molecule has 2 heterocycles. The number of aliphatic carboxylic acids is 1. The van der Waals surface area contributed by atoms with E-state index in [9.17, 15) is 4.79 Å². The Kier molecular flexibility index (Phi) is 6.34. The van der Waals surface area contributed by atoms with Gasteiger partial charge in [-0.1, -0.05) is 36.8 Å². The number of carbonyl (C=O) groups is 1. The first-order valence-electron chi connectivity index (χ1n) is 11.0. The highest BCUT2D eigenvalue weighted by Crippen LogP contribution is 2.43. The highest BCUT2D eigenvalue weighted by molar-refractivity contribution is 5.66. The fraction of sp³-hybridized carbons (Fsp3) is 0.696. The minimum absolute atomic E-state index is 0.0919. The fourth-order valence-electron chi connectivity index (χ4n) is 5.02. The molecule has 2 N–H and O–H groups in total. The standard InChI is InChI=1S/C23H34N2O3/c26-22(27)9-5-2-6-12-25-13-10-23(11-14-25)16-19(17-28-23)24-21-15-20(21)18-7-3-1-4-8-18/h1,3-4,7-8,19-21,24H,2,5-6,9-17H2,(H,26,27)/t19?,20-,21+/m0/s1. The minimum Gasteiger partial charge on any atom is -0.481 e. The largest absolute Gasteiger partial charge is 0.481 e. The average Bonchev–Trinajstić information content (AvgIpc) is 3.36. The van der Waals surface area contributed by atoms with Gasteiger partial charge in [0.05, 0.1) is 12.2 Å². The molecular weight excluding hydrogens is 352 g/mol. The quantitative estimate of drug-likeness (QED) is 0.637. The Labute approximate surface area is 168 Å². The van der Waals surface area contributed by atoms with Crippen LogP contribution in [0.1, 0.15) is 62.8 Å². The molecular formula is C23H34N2O3. The first-order chi connectivity index (χ1) is 13.6. The molecule has 1 aliphatic carbocycles. The van der Waals surface area contributed by atoms with Gasteiger partial charge in [-0.3, -0.25) is 4.79 Å². The van der Waals surface area contributed by atoms with Gasteiger partial charge in [-0.2, -0.15) is 0 Å². The van der Waals surface area contributed by atoms with Crippen molar-refractivity contribution in [1.82, 2.24) is 10.2 Å². The van der Waals surface area contributed by atoms with E-state index in [2.05, 4.69) is 40.5 Å². The molecule has 0 aromatic heterocycles. The van der Waals surface area contributed by atoms with Crippen molar-refractivity contribution in [1.29, 1.82) is 0 Å². The van der Waals surface area contributed by atoms with Gasteiger partial charge in [0.15, 0.2) is 0 Å². The van der Waals surface area contributed by atoms with E-state index in [1.165, 1.54) is 12.0 Å². The van der Waals surface area contributed by atoms with Crippen LogP contribution in [0, 0.1) is 0 Å². The van der Waals surface area contributed by atoms with Gasteiger partial charge < -0.3 is 20.1 Å². The van der Waals surface area contributed by atoms with Gasteiger partial charge >= 0.3 is 5.97 Å². The van der Waals surface area contributed by atoms with Crippen LogP contribution in [0.4, 0.5) is 0 Å². The molecule has 1 saturated carbocycles. The zero-order valence-electron chi connectivity index (χ0n) is 16.8. The summed E-state index contributed by atoms with van der Waals surface area (Å²) in [6, 6.07) is 12.0. The summed E-state index contributed by atoms with van der Waals surface area (Å²) in [5.74, 6) is 0.00321. The Balaban J connectivity index is 1.14. The third kappa shape index (κ3) is 5.13. The predicted octanol–water partition coefficient (Wildman–Crippen LogP) is 3.40. The first kappa shape index (κ1) is 19.9. The van der Waals surface area contributed by atoms with E-state index >= 15 is 0 Å². The van der Waals surface area contributed by atoms with E-state index in [1.807, 2.05) is 0 Å². The summed E-state index contributed by atoms with van der Waals surface area (Å²) < 4.78 is 6.33. The van der Waals surface area contributed by atoms with Gasteiger partial charge in [-0.25, -0.2) is 0 Å². The summed E-state index contributed by atoms with van der Waals surface area (Å²) in [5.41, 5.74) is 1.56. The van der Waals surface area contributed by atoms with Gasteiger partial charge in [0.1, 0.15) is 0 Å². The zero-order valence-corrected chi connectivity index (χ0v) is 16.8. The van der Waals surface area contributed by atoms with Crippen molar-refractivity contribution in [3.63, 3.8) is 0 Å². The lowest BCUT2D eigenvalue weighted by molar-refractivity contribution is -0.137. The Morgan fingerprint density at radius 2 is 1.96 bits per heavy atom. The number of rotatable bonds is 9. The lowest BCUT2D eigenvalue weighted by atomic mass is 9.87. The van der Waals surface area contributed by atoms with Crippen LogP contribution < -0.4 is 5.32 Å². The second-order valence-corrected chi connectivity index (χ2v) is 8.97. The predicted molar refractivity (Wildman–Crippen MR) is 110 cm³/mol. The fourth-order valence-corrected chi connectivity index (χ4v) is 5.02. The van der Waals surface area contributed by atoms with Crippen LogP contribution in [0.25, 0.3) is 0 Å². The number of piperidine rings is 1. The van der Waals surface area contributed by atoms with Crippen LogP contribution in [-0.2, 0) is 9.53 Å². The molecule has 0 bridgehead atoms. The van der Waals surface area contributed by atoms with Crippen molar-refractivity contribution < 1.29 is 14.6 Å². The number of nitrogens with one attached hydrogen (secondary N) is 1. The van der Waals surface area contributed by atoms with E-state index in [0.29, 0.717) is 24.4 Å². The maximum absolute atomic E-state index is 10.6. The van der Waals surface area contributed by atoms with Gasteiger partial charge in [0.2, 0.25) is 0 Å². The summed E-state index contributed by atoms with van der Waals surface area (Å²) in [6.45, 7) is 4.18. The minimum atomic E-state index is -0.678.